The number of hydrogen-bond acceptors (Lipinski definition) is 4. The normalized spacial score (nSPS) is 11.0. The van der Waals surface area contributed by atoms with Crippen LogP contribution in [0.25, 0.3) is 0 Å². The molecule has 0 saturated carbocycles. The lowest BCUT2D eigenvalue weighted by atomic mass is 10.3. The summed E-state index contributed by atoms with van der Waals surface area (Å²) in [5, 5.41) is 9.22. The molecule has 1 aromatic carbocycles. The molecule has 0 fully saturated rings. The molecular weight excluding hydrogens is 445 g/mol. The van der Waals surface area contributed by atoms with E-state index in [9.17, 15) is 4.79 Å². The Hall–Kier alpha value is -1.39. The molecular formula is C18H32IN5O2. The number of amides is 1. The molecule has 8 heteroatoms. The standard InChI is InChI=1S/C18H31N5O2.HI/c1-4-19-18(20-11-13-23(2)12-8-14-25-3)21-15-17(24)22-16-9-6-5-7-10-16;/h5-7,9-10H,4,8,11-15H2,1-3H3,(H,22,24)(H2,19,20,21);1H. The number of likely N-dealkylation sites (N-methyl/N-ethyl adjacent to an activating group) is 1. The molecule has 148 valence electrons. The van der Waals surface area contributed by atoms with Gasteiger partial charge in [0.1, 0.15) is 6.54 Å². The van der Waals surface area contributed by atoms with E-state index < -0.39 is 0 Å². The Balaban J connectivity index is 0.00000625. The first-order valence-corrected chi connectivity index (χ1v) is 8.70. The second kappa shape index (κ2) is 15.8. The van der Waals surface area contributed by atoms with Crippen LogP contribution in [0.4, 0.5) is 5.69 Å². The molecule has 7 nitrogen and oxygen atoms in total. The van der Waals surface area contributed by atoms with Crippen LogP contribution in [-0.2, 0) is 9.53 Å². The lowest BCUT2D eigenvalue weighted by Gasteiger charge is -2.18. The third kappa shape index (κ3) is 12.0. The molecule has 0 aliphatic rings. The van der Waals surface area contributed by atoms with Gasteiger partial charge in [-0.3, -0.25) is 4.79 Å². The summed E-state index contributed by atoms with van der Waals surface area (Å²) in [5.41, 5.74) is 0.776. The van der Waals surface area contributed by atoms with Crippen LogP contribution in [0.15, 0.2) is 35.3 Å². The van der Waals surface area contributed by atoms with Gasteiger partial charge in [0, 0.05) is 45.6 Å². The number of carbonyl (C=O) groups is 1. The monoisotopic (exact) mass is 477 g/mol. The molecule has 3 N–H and O–H groups in total. The Morgan fingerprint density at radius 1 is 1.19 bits per heavy atom. The zero-order valence-electron chi connectivity index (χ0n) is 16.0. The Morgan fingerprint density at radius 3 is 2.58 bits per heavy atom. The summed E-state index contributed by atoms with van der Waals surface area (Å²) in [4.78, 5) is 18.5. The zero-order chi connectivity index (χ0) is 18.3. The number of benzene rings is 1. The highest BCUT2D eigenvalue weighted by molar-refractivity contribution is 14.0. The van der Waals surface area contributed by atoms with Crippen molar-refractivity contribution >= 4 is 41.5 Å². The minimum absolute atomic E-state index is 0. The van der Waals surface area contributed by atoms with Crippen LogP contribution in [0.3, 0.4) is 0 Å². The summed E-state index contributed by atoms with van der Waals surface area (Å²) >= 11 is 0. The fourth-order valence-corrected chi connectivity index (χ4v) is 2.17. The average molecular weight is 477 g/mol. The third-order valence-corrected chi connectivity index (χ3v) is 3.46. The topological polar surface area (TPSA) is 78.0 Å². The average Bonchev–Trinajstić information content (AvgIpc) is 2.61. The van der Waals surface area contributed by atoms with Crippen molar-refractivity contribution in [3.8, 4) is 0 Å². The molecule has 1 aromatic rings. The van der Waals surface area contributed by atoms with E-state index in [0.29, 0.717) is 5.96 Å². The number of methoxy groups -OCH3 is 1. The summed E-state index contributed by atoms with van der Waals surface area (Å²) in [5.74, 6) is 0.510. The van der Waals surface area contributed by atoms with Gasteiger partial charge in [-0.05, 0) is 32.5 Å². The zero-order valence-corrected chi connectivity index (χ0v) is 18.3. The van der Waals surface area contributed by atoms with E-state index in [-0.39, 0.29) is 36.4 Å². The molecule has 26 heavy (non-hydrogen) atoms. The van der Waals surface area contributed by atoms with Gasteiger partial charge in [0.15, 0.2) is 5.96 Å². The molecule has 0 spiro atoms. The van der Waals surface area contributed by atoms with Gasteiger partial charge < -0.3 is 25.6 Å². The van der Waals surface area contributed by atoms with E-state index in [1.165, 1.54) is 0 Å². The van der Waals surface area contributed by atoms with E-state index in [4.69, 9.17) is 4.74 Å². The molecule has 0 heterocycles. The van der Waals surface area contributed by atoms with Crippen molar-refractivity contribution in [2.75, 3.05) is 58.8 Å². The van der Waals surface area contributed by atoms with E-state index in [1.807, 2.05) is 37.3 Å². The molecule has 0 atom stereocenters. The lowest BCUT2D eigenvalue weighted by molar-refractivity contribution is -0.114. The molecule has 0 aliphatic carbocycles. The van der Waals surface area contributed by atoms with Crippen LogP contribution in [0, 0.1) is 0 Å². The number of para-hydroxylation sites is 1. The van der Waals surface area contributed by atoms with Crippen molar-refractivity contribution in [1.82, 2.24) is 15.5 Å². The van der Waals surface area contributed by atoms with Gasteiger partial charge in [0.25, 0.3) is 0 Å². The van der Waals surface area contributed by atoms with Crippen molar-refractivity contribution < 1.29 is 9.53 Å². The Kier molecular flexibility index (Phi) is 15.0. The largest absolute Gasteiger partial charge is 0.385 e. The van der Waals surface area contributed by atoms with Crippen LogP contribution in [-0.4, -0.2) is 70.3 Å². The quantitative estimate of drug-likeness (QED) is 0.196. The van der Waals surface area contributed by atoms with Crippen molar-refractivity contribution in [3.05, 3.63) is 30.3 Å². The highest BCUT2D eigenvalue weighted by Crippen LogP contribution is 2.04. The molecule has 0 aliphatic heterocycles. The van der Waals surface area contributed by atoms with Crippen LogP contribution >= 0.6 is 24.0 Å². The molecule has 1 amide bonds. The Morgan fingerprint density at radius 2 is 1.92 bits per heavy atom. The number of ether oxygens (including phenoxy) is 1. The highest BCUT2D eigenvalue weighted by atomic mass is 127. The second-order valence-corrected chi connectivity index (χ2v) is 5.69. The van der Waals surface area contributed by atoms with Crippen molar-refractivity contribution in [3.63, 3.8) is 0 Å². The number of anilines is 1. The van der Waals surface area contributed by atoms with Crippen LogP contribution in [0.1, 0.15) is 13.3 Å². The molecule has 0 bridgehead atoms. The number of nitrogens with zero attached hydrogens (tertiary/aromatic N) is 2. The van der Waals surface area contributed by atoms with Crippen molar-refractivity contribution in [2.45, 2.75) is 13.3 Å². The number of guanidine groups is 1. The second-order valence-electron chi connectivity index (χ2n) is 5.69. The summed E-state index contributed by atoms with van der Waals surface area (Å²) in [6, 6.07) is 9.38. The first-order valence-electron chi connectivity index (χ1n) is 8.70. The van der Waals surface area contributed by atoms with E-state index >= 15 is 0 Å². The SMILES string of the molecule is CCNC(=NCC(=O)Nc1ccccc1)NCCN(C)CCCOC.I. The lowest BCUT2D eigenvalue weighted by Crippen LogP contribution is -2.41. The fraction of sp³-hybridized carbons (Fsp3) is 0.556. The molecule has 0 unspecified atom stereocenters. The minimum Gasteiger partial charge on any atom is -0.385 e. The molecule has 1 rings (SSSR count). The Bertz CT molecular complexity index is 514. The maximum atomic E-state index is 12.0. The van der Waals surface area contributed by atoms with E-state index in [2.05, 4.69) is 32.9 Å². The summed E-state index contributed by atoms with van der Waals surface area (Å²) in [7, 11) is 3.80. The van der Waals surface area contributed by atoms with Crippen LogP contribution < -0.4 is 16.0 Å². The highest BCUT2D eigenvalue weighted by Gasteiger charge is 2.03. The fourth-order valence-electron chi connectivity index (χ4n) is 2.17. The maximum Gasteiger partial charge on any atom is 0.246 e. The number of rotatable bonds is 11. The van der Waals surface area contributed by atoms with Gasteiger partial charge in [-0.15, -0.1) is 24.0 Å². The first kappa shape index (κ1) is 24.6. The summed E-state index contributed by atoms with van der Waals surface area (Å²) < 4.78 is 5.05. The summed E-state index contributed by atoms with van der Waals surface area (Å²) in [6.45, 7) is 6.24. The predicted molar refractivity (Wildman–Crippen MR) is 118 cm³/mol. The third-order valence-electron chi connectivity index (χ3n) is 3.46. The number of aliphatic imine (C=N–C) groups is 1. The summed E-state index contributed by atoms with van der Waals surface area (Å²) in [6.07, 6.45) is 1.01. The Labute approximate surface area is 174 Å². The number of halogens is 1. The number of hydrogen-bond donors (Lipinski definition) is 3. The van der Waals surface area contributed by atoms with Gasteiger partial charge in [0.2, 0.25) is 5.91 Å². The van der Waals surface area contributed by atoms with Gasteiger partial charge in [-0.1, -0.05) is 18.2 Å². The predicted octanol–water partition coefficient (Wildman–Crippen LogP) is 1.77. The molecule has 0 aromatic heterocycles. The maximum absolute atomic E-state index is 12.0. The van der Waals surface area contributed by atoms with E-state index in [1.54, 1.807) is 7.11 Å². The first-order chi connectivity index (χ1) is 12.2. The van der Waals surface area contributed by atoms with Crippen molar-refractivity contribution in [2.24, 2.45) is 4.99 Å². The molecule has 0 radical (unpaired) electrons. The molecule has 0 saturated heterocycles. The number of carbonyl (C=O) groups excluding carboxylic acids is 1. The van der Waals surface area contributed by atoms with Gasteiger partial charge in [-0.2, -0.15) is 0 Å². The number of nitrogens with one attached hydrogen (secondary N) is 3. The van der Waals surface area contributed by atoms with Gasteiger partial charge in [0.05, 0.1) is 0 Å². The minimum atomic E-state index is -0.139. The van der Waals surface area contributed by atoms with Crippen LogP contribution in [0.2, 0.25) is 0 Å². The van der Waals surface area contributed by atoms with Gasteiger partial charge >= 0.3 is 0 Å². The van der Waals surface area contributed by atoms with Gasteiger partial charge in [-0.25, -0.2) is 4.99 Å². The van der Waals surface area contributed by atoms with E-state index in [0.717, 1.165) is 44.9 Å². The van der Waals surface area contributed by atoms with Crippen LogP contribution in [0.5, 0.6) is 0 Å². The smallest absolute Gasteiger partial charge is 0.246 e. The van der Waals surface area contributed by atoms with Crippen molar-refractivity contribution in [1.29, 1.82) is 0 Å².